The van der Waals surface area contributed by atoms with E-state index in [1.807, 2.05) is 0 Å². The minimum atomic E-state index is -3.54. The van der Waals surface area contributed by atoms with Gasteiger partial charge < -0.3 is 5.73 Å². The molecule has 0 saturated carbocycles. The van der Waals surface area contributed by atoms with E-state index in [4.69, 9.17) is 5.73 Å². The molecule has 0 amide bonds. The van der Waals surface area contributed by atoms with Crippen LogP contribution in [0.25, 0.3) is 0 Å². The highest BCUT2D eigenvalue weighted by Crippen LogP contribution is 2.22. The van der Waals surface area contributed by atoms with Crippen LogP contribution in [0.2, 0.25) is 0 Å². The van der Waals surface area contributed by atoms with E-state index < -0.39 is 10.0 Å². The van der Waals surface area contributed by atoms with Gasteiger partial charge in [0, 0.05) is 12.6 Å². The fraction of sp³-hybridized carbons (Fsp3) is 0.571. The van der Waals surface area contributed by atoms with Gasteiger partial charge in [0.05, 0.1) is 5.69 Å². The summed E-state index contributed by atoms with van der Waals surface area (Å²) < 4.78 is 27.5. The Morgan fingerprint density at radius 2 is 2.20 bits per heavy atom. The van der Waals surface area contributed by atoms with Crippen LogP contribution in [0.5, 0.6) is 0 Å². The van der Waals surface area contributed by atoms with E-state index in [2.05, 4.69) is 16.5 Å². The lowest BCUT2D eigenvalue weighted by molar-refractivity contribution is 0.268. The molecule has 1 aliphatic heterocycles. The van der Waals surface area contributed by atoms with Gasteiger partial charge in [-0.1, -0.05) is 19.1 Å². The first-order chi connectivity index (χ1) is 9.45. The minimum absolute atomic E-state index is 0.209. The third kappa shape index (κ3) is 3.13. The van der Waals surface area contributed by atoms with Crippen molar-refractivity contribution >= 4 is 15.7 Å². The van der Waals surface area contributed by atoms with Crippen molar-refractivity contribution in [3.8, 4) is 0 Å². The van der Waals surface area contributed by atoms with Crippen LogP contribution < -0.4 is 10.5 Å². The van der Waals surface area contributed by atoms with E-state index in [0.717, 1.165) is 25.9 Å². The van der Waals surface area contributed by atoms with Gasteiger partial charge >= 0.3 is 0 Å². The zero-order valence-electron chi connectivity index (χ0n) is 12.1. The summed E-state index contributed by atoms with van der Waals surface area (Å²) in [6.45, 7) is 6.32. The van der Waals surface area contributed by atoms with Crippen molar-refractivity contribution in [3.05, 3.63) is 23.8 Å². The van der Waals surface area contributed by atoms with E-state index in [-0.39, 0.29) is 4.90 Å². The van der Waals surface area contributed by atoms with E-state index in [1.165, 1.54) is 0 Å². The smallest absolute Gasteiger partial charge is 0.242 e. The molecule has 6 heteroatoms. The van der Waals surface area contributed by atoms with Gasteiger partial charge in [-0.3, -0.25) is 4.90 Å². The molecule has 1 aromatic rings. The van der Waals surface area contributed by atoms with Crippen LogP contribution in [-0.2, 0) is 10.0 Å². The molecule has 1 unspecified atom stereocenters. The Labute approximate surface area is 121 Å². The zero-order chi connectivity index (χ0) is 14.8. The monoisotopic (exact) mass is 297 g/mol. The normalized spacial score (nSPS) is 20.4. The van der Waals surface area contributed by atoms with Crippen LogP contribution in [0, 0.1) is 6.92 Å². The molecule has 1 aromatic carbocycles. The number of likely N-dealkylation sites (tertiary alicyclic amines) is 1. The number of aryl methyl sites for hydroxylation is 1. The number of benzene rings is 1. The number of nitrogens with zero attached hydrogens (tertiary/aromatic N) is 1. The maximum atomic E-state index is 12.4. The molecule has 3 N–H and O–H groups in total. The third-order valence-corrected chi connectivity index (χ3v) is 5.57. The Morgan fingerprint density at radius 3 is 2.85 bits per heavy atom. The summed E-state index contributed by atoms with van der Waals surface area (Å²) in [6, 6.07) is 5.44. The molecule has 1 fully saturated rings. The molecule has 0 aliphatic carbocycles. The van der Waals surface area contributed by atoms with Crippen molar-refractivity contribution < 1.29 is 8.42 Å². The average Bonchev–Trinajstić information content (AvgIpc) is 2.83. The fourth-order valence-corrected chi connectivity index (χ4v) is 4.29. The second-order valence-electron chi connectivity index (χ2n) is 5.27. The Bertz CT molecular complexity index is 552. The van der Waals surface area contributed by atoms with Gasteiger partial charge in [-0.2, -0.15) is 0 Å². The highest BCUT2D eigenvalue weighted by atomic mass is 32.2. The van der Waals surface area contributed by atoms with Gasteiger partial charge in [-0.25, -0.2) is 13.1 Å². The molecular formula is C14H23N3O2S. The molecular weight excluding hydrogens is 274 g/mol. The van der Waals surface area contributed by atoms with Crippen molar-refractivity contribution in [2.24, 2.45) is 0 Å². The molecule has 1 saturated heterocycles. The predicted molar refractivity (Wildman–Crippen MR) is 81.0 cm³/mol. The first-order valence-corrected chi connectivity index (χ1v) is 8.53. The summed E-state index contributed by atoms with van der Waals surface area (Å²) in [4.78, 5) is 2.52. The summed E-state index contributed by atoms with van der Waals surface area (Å²) in [5, 5.41) is 0. The molecule has 0 bridgehead atoms. The second-order valence-corrected chi connectivity index (χ2v) is 6.97. The molecule has 5 nitrogen and oxygen atoms in total. The number of hydrogen-bond acceptors (Lipinski definition) is 4. The molecule has 1 heterocycles. The van der Waals surface area contributed by atoms with Crippen LogP contribution in [0.15, 0.2) is 23.1 Å². The molecule has 0 radical (unpaired) electrons. The van der Waals surface area contributed by atoms with Crippen LogP contribution >= 0.6 is 0 Å². The highest BCUT2D eigenvalue weighted by molar-refractivity contribution is 7.89. The Hall–Kier alpha value is -1.11. The lowest BCUT2D eigenvalue weighted by Crippen LogP contribution is -2.40. The average molecular weight is 297 g/mol. The SMILES string of the molecule is CCN1CCCC1CNS(=O)(=O)c1c(C)cccc1N. The van der Waals surface area contributed by atoms with Gasteiger partial charge in [0.2, 0.25) is 10.0 Å². The second kappa shape index (κ2) is 6.11. The molecule has 0 aromatic heterocycles. The maximum Gasteiger partial charge on any atom is 0.242 e. The summed E-state index contributed by atoms with van der Waals surface area (Å²) in [5.74, 6) is 0. The van der Waals surface area contributed by atoms with Crippen LogP contribution in [-0.4, -0.2) is 39.0 Å². The molecule has 1 atom stereocenters. The Kier molecular flexibility index (Phi) is 4.67. The van der Waals surface area contributed by atoms with Crippen LogP contribution in [0.1, 0.15) is 25.3 Å². The van der Waals surface area contributed by atoms with Gasteiger partial charge in [0.25, 0.3) is 0 Å². The van der Waals surface area contributed by atoms with Crippen molar-refractivity contribution in [2.45, 2.75) is 37.6 Å². The number of nitrogens with one attached hydrogen (secondary N) is 1. The molecule has 20 heavy (non-hydrogen) atoms. The van der Waals surface area contributed by atoms with Crippen LogP contribution in [0.3, 0.4) is 0 Å². The van der Waals surface area contributed by atoms with E-state index >= 15 is 0 Å². The Balaban J connectivity index is 2.12. The summed E-state index contributed by atoms with van der Waals surface area (Å²) in [6.07, 6.45) is 2.17. The first kappa shape index (κ1) is 15.3. The summed E-state index contributed by atoms with van der Waals surface area (Å²) in [7, 11) is -3.54. The van der Waals surface area contributed by atoms with E-state index in [1.54, 1.807) is 25.1 Å². The molecule has 0 spiro atoms. The summed E-state index contributed by atoms with van der Waals surface area (Å²) in [5.41, 5.74) is 6.79. The van der Waals surface area contributed by atoms with Crippen molar-refractivity contribution in [1.82, 2.24) is 9.62 Å². The molecule has 1 aliphatic rings. The topological polar surface area (TPSA) is 75.4 Å². The number of sulfonamides is 1. The van der Waals surface area contributed by atoms with Gasteiger partial charge in [0.15, 0.2) is 0 Å². The zero-order valence-corrected chi connectivity index (χ0v) is 12.9. The number of nitrogen functional groups attached to an aromatic ring is 1. The van der Waals surface area contributed by atoms with E-state index in [0.29, 0.717) is 23.8 Å². The fourth-order valence-electron chi connectivity index (χ4n) is 2.86. The van der Waals surface area contributed by atoms with Gasteiger partial charge in [-0.15, -0.1) is 0 Å². The van der Waals surface area contributed by atoms with Gasteiger partial charge in [0.1, 0.15) is 4.90 Å². The van der Waals surface area contributed by atoms with Crippen molar-refractivity contribution in [2.75, 3.05) is 25.4 Å². The third-order valence-electron chi connectivity index (χ3n) is 3.93. The number of rotatable bonds is 5. The number of hydrogen-bond donors (Lipinski definition) is 2. The van der Waals surface area contributed by atoms with Crippen LogP contribution in [0.4, 0.5) is 5.69 Å². The predicted octanol–water partition coefficient (Wildman–Crippen LogP) is 1.34. The Morgan fingerprint density at radius 1 is 1.45 bits per heavy atom. The minimum Gasteiger partial charge on any atom is -0.398 e. The highest BCUT2D eigenvalue weighted by Gasteiger charge is 2.26. The summed E-state index contributed by atoms with van der Waals surface area (Å²) >= 11 is 0. The van der Waals surface area contributed by atoms with Crippen molar-refractivity contribution in [3.63, 3.8) is 0 Å². The first-order valence-electron chi connectivity index (χ1n) is 7.04. The molecule has 112 valence electrons. The lowest BCUT2D eigenvalue weighted by atomic mass is 10.2. The number of likely N-dealkylation sites (N-methyl/N-ethyl adjacent to an activating group) is 1. The standard InChI is InChI=1S/C14H23N3O2S/c1-3-17-9-5-7-12(17)10-16-20(18,19)14-11(2)6-4-8-13(14)15/h4,6,8,12,16H,3,5,7,9-10,15H2,1-2H3. The van der Waals surface area contributed by atoms with E-state index in [9.17, 15) is 8.42 Å². The number of anilines is 1. The number of nitrogens with two attached hydrogens (primary N) is 1. The maximum absolute atomic E-state index is 12.4. The largest absolute Gasteiger partial charge is 0.398 e. The quantitative estimate of drug-likeness (QED) is 0.804. The van der Waals surface area contributed by atoms with Gasteiger partial charge in [-0.05, 0) is 44.5 Å². The van der Waals surface area contributed by atoms with Crippen molar-refractivity contribution in [1.29, 1.82) is 0 Å². The lowest BCUT2D eigenvalue weighted by Gasteiger charge is -2.23. The molecule has 2 rings (SSSR count).